The van der Waals surface area contributed by atoms with E-state index in [4.69, 9.17) is 14.2 Å². The third-order valence-corrected chi connectivity index (χ3v) is 6.09. The summed E-state index contributed by atoms with van der Waals surface area (Å²) in [5.41, 5.74) is -1.40. The van der Waals surface area contributed by atoms with Gasteiger partial charge in [0.05, 0.1) is 6.10 Å². The van der Waals surface area contributed by atoms with Crippen molar-refractivity contribution in [3.63, 3.8) is 0 Å². The van der Waals surface area contributed by atoms with Gasteiger partial charge in [0.25, 0.3) is 5.97 Å². The van der Waals surface area contributed by atoms with Crippen LogP contribution in [0.5, 0.6) is 0 Å². The number of carbonyl (C=O) groups excluding carboxylic acids is 1. The summed E-state index contributed by atoms with van der Waals surface area (Å²) in [6, 6.07) is -1.09. The number of nitrogens with one attached hydrogen (secondary N) is 2. The van der Waals surface area contributed by atoms with Crippen LogP contribution in [0.25, 0.3) is 0 Å². The van der Waals surface area contributed by atoms with Crippen LogP contribution in [0.3, 0.4) is 0 Å². The first-order valence-electron chi connectivity index (χ1n) is 12.9. The predicted octanol–water partition coefficient (Wildman–Crippen LogP) is 7.41. The Morgan fingerprint density at radius 2 is 1.27 bits per heavy atom. The molecule has 0 aliphatic rings. The normalized spacial score (nSPS) is 12.7. The molecule has 2 N–H and O–H groups in total. The highest BCUT2D eigenvalue weighted by Gasteiger charge is 2.41. The van der Waals surface area contributed by atoms with Gasteiger partial charge in [-0.15, -0.1) is 0 Å². The standard InChI is InChI=1S/C26H41F5N2O4/c1-6-7-8-9-10-11-14-18(26(35-4,36-5)37-17(2)3)15-12-13-16-32-25(34)33-24-22(30)20(28)19(27)21(29)23(24)31/h17-18H,6-16H2,1-5H3,(H2,32,33,34). The third-order valence-electron chi connectivity index (χ3n) is 6.09. The van der Waals surface area contributed by atoms with Crippen molar-refractivity contribution in [1.29, 1.82) is 0 Å². The summed E-state index contributed by atoms with van der Waals surface area (Å²) in [7, 11) is 3.07. The second-order valence-corrected chi connectivity index (χ2v) is 9.25. The molecule has 0 bridgehead atoms. The molecule has 0 spiro atoms. The third kappa shape index (κ3) is 10.0. The zero-order valence-electron chi connectivity index (χ0n) is 22.5. The number of benzene rings is 1. The first-order chi connectivity index (χ1) is 17.5. The van der Waals surface area contributed by atoms with Crippen LogP contribution in [-0.2, 0) is 14.2 Å². The molecule has 1 atom stereocenters. The number of urea groups is 1. The number of amides is 2. The molecule has 0 saturated heterocycles. The van der Waals surface area contributed by atoms with Gasteiger partial charge < -0.3 is 24.8 Å². The number of unbranched alkanes of at least 4 members (excludes halogenated alkanes) is 6. The summed E-state index contributed by atoms with van der Waals surface area (Å²) in [5.74, 6) is -12.1. The van der Waals surface area contributed by atoms with Gasteiger partial charge in [-0.3, -0.25) is 0 Å². The number of rotatable bonds is 18. The minimum Gasteiger partial charge on any atom is -0.338 e. The quantitative estimate of drug-likeness (QED) is 0.0669. The van der Waals surface area contributed by atoms with Crippen molar-refractivity contribution in [2.75, 3.05) is 26.1 Å². The average molecular weight is 541 g/mol. The molecule has 0 fully saturated rings. The van der Waals surface area contributed by atoms with Gasteiger partial charge in [-0.05, 0) is 33.1 Å². The Bertz CT molecular complexity index is 809. The van der Waals surface area contributed by atoms with E-state index in [0.29, 0.717) is 19.3 Å². The Morgan fingerprint density at radius 1 is 0.784 bits per heavy atom. The van der Waals surface area contributed by atoms with Crippen molar-refractivity contribution in [1.82, 2.24) is 5.32 Å². The maximum Gasteiger partial charge on any atom is 0.319 e. The molecule has 1 aromatic rings. The number of hydrogen-bond donors (Lipinski definition) is 2. The SMILES string of the molecule is CCCCCCCCC(CCCCNC(=O)Nc1c(F)c(F)c(F)c(F)c1F)C(OC)(OC)OC(C)C. The van der Waals surface area contributed by atoms with Crippen LogP contribution in [0, 0.1) is 35.0 Å². The van der Waals surface area contributed by atoms with E-state index < -0.39 is 46.8 Å². The van der Waals surface area contributed by atoms with Crippen LogP contribution in [-0.4, -0.2) is 38.9 Å². The maximum absolute atomic E-state index is 13.8. The van der Waals surface area contributed by atoms with E-state index in [9.17, 15) is 26.7 Å². The molecule has 1 rings (SSSR count). The van der Waals surface area contributed by atoms with Gasteiger partial charge in [-0.1, -0.05) is 51.9 Å². The number of carbonyl (C=O) groups is 1. The molecule has 0 radical (unpaired) electrons. The molecule has 6 nitrogen and oxygen atoms in total. The topological polar surface area (TPSA) is 68.8 Å². The molecule has 0 aromatic heterocycles. The molecule has 1 aromatic carbocycles. The minimum absolute atomic E-state index is 0.0849. The fourth-order valence-corrected chi connectivity index (χ4v) is 4.20. The minimum atomic E-state index is -2.29. The highest BCUT2D eigenvalue weighted by molar-refractivity contribution is 5.89. The van der Waals surface area contributed by atoms with E-state index in [2.05, 4.69) is 12.2 Å². The Balaban J connectivity index is 2.66. The Labute approximate surface area is 216 Å². The second-order valence-electron chi connectivity index (χ2n) is 9.25. The zero-order valence-corrected chi connectivity index (χ0v) is 22.5. The average Bonchev–Trinajstić information content (AvgIpc) is 2.88. The van der Waals surface area contributed by atoms with Gasteiger partial charge in [0, 0.05) is 26.7 Å². The van der Waals surface area contributed by atoms with E-state index in [1.165, 1.54) is 33.5 Å². The van der Waals surface area contributed by atoms with Gasteiger partial charge in [-0.2, -0.15) is 0 Å². The monoisotopic (exact) mass is 540 g/mol. The molecule has 214 valence electrons. The Hall–Kier alpha value is -1.98. The number of hydrogen-bond acceptors (Lipinski definition) is 4. The first kappa shape index (κ1) is 33.0. The first-order valence-corrected chi connectivity index (χ1v) is 12.9. The number of halogens is 5. The van der Waals surface area contributed by atoms with Gasteiger partial charge >= 0.3 is 6.03 Å². The lowest BCUT2D eigenvalue weighted by molar-refractivity contribution is -0.399. The van der Waals surface area contributed by atoms with Gasteiger partial charge in [0.15, 0.2) is 23.3 Å². The van der Waals surface area contributed by atoms with Crippen LogP contribution < -0.4 is 10.6 Å². The van der Waals surface area contributed by atoms with Crippen LogP contribution in [0.2, 0.25) is 0 Å². The summed E-state index contributed by atoms with van der Waals surface area (Å²) < 4.78 is 84.7. The molecule has 0 aliphatic carbocycles. The van der Waals surface area contributed by atoms with Crippen molar-refractivity contribution in [3.8, 4) is 0 Å². The van der Waals surface area contributed by atoms with Crippen molar-refractivity contribution in [2.45, 2.75) is 97.1 Å². The summed E-state index contributed by atoms with van der Waals surface area (Å²) in [4.78, 5) is 12.0. The molecule has 0 saturated carbocycles. The van der Waals surface area contributed by atoms with E-state index >= 15 is 0 Å². The Morgan fingerprint density at radius 3 is 1.78 bits per heavy atom. The number of methoxy groups -OCH3 is 2. The van der Waals surface area contributed by atoms with Crippen LogP contribution >= 0.6 is 0 Å². The lowest BCUT2D eigenvalue weighted by atomic mass is 9.92. The van der Waals surface area contributed by atoms with E-state index in [-0.39, 0.29) is 18.6 Å². The van der Waals surface area contributed by atoms with Gasteiger partial charge in [-0.25, -0.2) is 26.7 Å². The molecular formula is C26H41F5N2O4. The molecule has 2 amide bonds. The van der Waals surface area contributed by atoms with Crippen molar-refractivity contribution in [3.05, 3.63) is 29.1 Å². The molecule has 1 unspecified atom stereocenters. The fourth-order valence-electron chi connectivity index (χ4n) is 4.20. The highest BCUT2D eigenvalue weighted by Crippen LogP contribution is 2.34. The second kappa shape index (κ2) is 16.8. The van der Waals surface area contributed by atoms with E-state index in [1.807, 2.05) is 13.8 Å². The lowest BCUT2D eigenvalue weighted by Crippen LogP contribution is -2.46. The zero-order chi connectivity index (χ0) is 28.0. The van der Waals surface area contributed by atoms with Crippen molar-refractivity contribution < 1.29 is 41.0 Å². The predicted molar refractivity (Wildman–Crippen MR) is 132 cm³/mol. The number of anilines is 1. The molecule has 11 heteroatoms. The van der Waals surface area contributed by atoms with Crippen LogP contribution in [0.1, 0.15) is 85.0 Å². The Kier molecular flexibility index (Phi) is 15.0. The molecule has 37 heavy (non-hydrogen) atoms. The largest absolute Gasteiger partial charge is 0.338 e. The molecular weight excluding hydrogens is 499 g/mol. The maximum atomic E-state index is 13.8. The smallest absolute Gasteiger partial charge is 0.319 e. The van der Waals surface area contributed by atoms with Crippen molar-refractivity contribution >= 4 is 11.7 Å². The number of ether oxygens (including phenoxy) is 3. The van der Waals surface area contributed by atoms with Crippen LogP contribution in [0.15, 0.2) is 0 Å². The molecule has 0 aliphatic heterocycles. The summed E-state index contributed by atoms with van der Waals surface area (Å²) in [6.45, 7) is 6.06. The fraction of sp³-hybridized carbons (Fsp3) is 0.731. The lowest BCUT2D eigenvalue weighted by Gasteiger charge is -2.39. The van der Waals surface area contributed by atoms with E-state index in [1.54, 1.807) is 5.32 Å². The van der Waals surface area contributed by atoms with Gasteiger partial charge in [0.2, 0.25) is 5.82 Å². The van der Waals surface area contributed by atoms with Crippen molar-refractivity contribution in [2.24, 2.45) is 5.92 Å². The van der Waals surface area contributed by atoms with Gasteiger partial charge in [0.1, 0.15) is 5.69 Å². The summed E-state index contributed by atoms with van der Waals surface area (Å²) >= 11 is 0. The highest BCUT2D eigenvalue weighted by atomic mass is 19.2. The summed E-state index contributed by atoms with van der Waals surface area (Å²) in [5, 5.41) is 4.06. The molecule has 0 heterocycles. The summed E-state index contributed by atoms with van der Waals surface area (Å²) in [6.07, 6.45) is 9.26. The van der Waals surface area contributed by atoms with E-state index in [0.717, 1.165) is 25.7 Å². The van der Waals surface area contributed by atoms with Crippen LogP contribution in [0.4, 0.5) is 32.4 Å².